The number of carbonyl (C=O) groups excluding carboxylic acids is 1. The first kappa shape index (κ1) is 13.6. The number of hydrogen-bond donors (Lipinski definition) is 1. The second kappa shape index (κ2) is 5.57. The summed E-state index contributed by atoms with van der Waals surface area (Å²) in [6.45, 7) is 3.94. The number of rotatable bonds is 2. The molecule has 2 N–H and O–H groups in total. The van der Waals surface area contributed by atoms with Gasteiger partial charge in [0, 0.05) is 19.1 Å². The Morgan fingerprint density at radius 1 is 1.30 bits per heavy atom. The van der Waals surface area contributed by atoms with Gasteiger partial charge in [-0.1, -0.05) is 29.8 Å². The van der Waals surface area contributed by atoms with E-state index in [1.807, 2.05) is 12.1 Å². The Labute approximate surface area is 121 Å². The third-order valence-electron chi connectivity index (χ3n) is 4.88. The first-order valence-electron chi connectivity index (χ1n) is 7.70. The highest BCUT2D eigenvalue weighted by molar-refractivity contribution is 5.79. The summed E-state index contributed by atoms with van der Waals surface area (Å²) in [6, 6.07) is 8.60. The average molecular weight is 272 g/mol. The molecule has 2 fully saturated rings. The van der Waals surface area contributed by atoms with Crippen molar-refractivity contribution in [3.8, 4) is 0 Å². The van der Waals surface area contributed by atoms with Gasteiger partial charge in [-0.25, -0.2) is 0 Å². The number of benzene rings is 1. The molecule has 0 bridgehead atoms. The quantitative estimate of drug-likeness (QED) is 0.896. The molecule has 2 aliphatic rings. The highest BCUT2D eigenvalue weighted by Gasteiger charge is 2.38. The zero-order chi connectivity index (χ0) is 14.1. The van der Waals surface area contributed by atoms with E-state index in [9.17, 15) is 4.79 Å². The Bertz CT molecular complexity index is 500. The van der Waals surface area contributed by atoms with Crippen LogP contribution < -0.4 is 5.73 Å². The van der Waals surface area contributed by atoms with Gasteiger partial charge in [0.15, 0.2) is 0 Å². The molecule has 1 unspecified atom stereocenters. The number of aryl methyl sites for hydroxylation is 1. The molecule has 108 valence electrons. The molecule has 20 heavy (non-hydrogen) atoms. The normalized spacial score (nSPS) is 29.3. The monoisotopic (exact) mass is 272 g/mol. The van der Waals surface area contributed by atoms with Crippen molar-refractivity contribution in [3.63, 3.8) is 0 Å². The Morgan fingerprint density at radius 3 is 2.90 bits per heavy atom. The Morgan fingerprint density at radius 2 is 2.10 bits per heavy atom. The zero-order valence-electron chi connectivity index (χ0n) is 12.2. The lowest BCUT2D eigenvalue weighted by Gasteiger charge is -2.27. The van der Waals surface area contributed by atoms with Crippen LogP contribution in [0.4, 0.5) is 0 Å². The van der Waals surface area contributed by atoms with Crippen LogP contribution in [0.5, 0.6) is 0 Å². The topological polar surface area (TPSA) is 46.3 Å². The SMILES string of the molecule is Cc1cccc(CC(=O)N2C[C@H]3CCC(N)C[C@H]3C2)c1. The number of likely N-dealkylation sites (tertiary alicyclic amines) is 1. The highest BCUT2D eigenvalue weighted by Crippen LogP contribution is 2.35. The predicted octanol–water partition coefficient (Wildman–Crippen LogP) is 2.12. The summed E-state index contributed by atoms with van der Waals surface area (Å²) in [7, 11) is 0. The molecule has 1 heterocycles. The molecule has 1 saturated carbocycles. The minimum atomic E-state index is 0.276. The van der Waals surface area contributed by atoms with Crippen LogP contribution in [-0.4, -0.2) is 29.9 Å². The summed E-state index contributed by atoms with van der Waals surface area (Å²) < 4.78 is 0. The van der Waals surface area contributed by atoms with Crippen molar-refractivity contribution >= 4 is 5.91 Å². The molecule has 1 aromatic rings. The lowest BCUT2D eigenvalue weighted by Crippen LogP contribution is -2.32. The van der Waals surface area contributed by atoms with E-state index in [0.29, 0.717) is 24.3 Å². The Hall–Kier alpha value is -1.35. The van der Waals surface area contributed by atoms with Crippen LogP contribution in [0.2, 0.25) is 0 Å². The summed E-state index contributed by atoms with van der Waals surface area (Å²) in [4.78, 5) is 14.5. The molecule has 1 amide bonds. The van der Waals surface area contributed by atoms with E-state index in [2.05, 4.69) is 24.0 Å². The fourth-order valence-electron chi connectivity index (χ4n) is 3.78. The van der Waals surface area contributed by atoms with Crippen molar-refractivity contribution in [3.05, 3.63) is 35.4 Å². The van der Waals surface area contributed by atoms with Gasteiger partial charge in [-0.2, -0.15) is 0 Å². The van der Waals surface area contributed by atoms with Crippen LogP contribution in [0.25, 0.3) is 0 Å². The van der Waals surface area contributed by atoms with Crippen molar-refractivity contribution in [1.29, 1.82) is 0 Å². The molecule has 1 saturated heterocycles. The number of amides is 1. The first-order chi connectivity index (χ1) is 9.61. The standard InChI is InChI=1S/C17H24N2O/c1-12-3-2-4-13(7-12)8-17(20)19-10-14-5-6-16(18)9-15(14)11-19/h2-4,7,14-16H,5-6,8-11,18H2,1H3/t14-,15+,16?/m1/s1. The van der Waals surface area contributed by atoms with E-state index < -0.39 is 0 Å². The molecule has 0 aromatic heterocycles. The van der Waals surface area contributed by atoms with Crippen molar-refractivity contribution in [1.82, 2.24) is 4.90 Å². The van der Waals surface area contributed by atoms with E-state index in [0.717, 1.165) is 31.5 Å². The molecular weight excluding hydrogens is 248 g/mol. The van der Waals surface area contributed by atoms with Gasteiger partial charge in [-0.3, -0.25) is 4.79 Å². The number of hydrogen-bond acceptors (Lipinski definition) is 2. The van der Waals surface area contributed by atoms with Crippen LogP contribution in [0, 0.1) is 18.8 Å². The second-order valence-corrected chi connectivity index (χ2v) is 6.56. The molecule has 1 aromatic carbocycles. The molecule has 3 rings (SSSR count). The average Bonchev–Trinajstić information content (AvgIpc) is 2.81. The van der Waals surface area contributed by atoms with Gasteiger partial charge in [-0.05, 0) is 43.6 Å². The molecule has 3 heteroatoms. The number of carbonyl (C=O) groups is 1. The van der Waals surface area contributed by atoms with Gasteiger partial charge in [0.1, 0.15) is 0 Å². The van der Waals surface area contributed by atoms with Gasteiger partial charge in [-0.15, -0.1) is 0 Å². The van der Waals surface area contributed by atoms with E-state index in [4.69, 9.17) is 5.73 Å². The number of nitrogens with zero attached hydrogens (tertiary/aromatic N) is 1. The largest absolute Gasteiger partial charge is 0.342 e. The fourth-order valence-corrected chi connectivity index (χ4v) is 3.78. The Kier molecular flexibility index (Phi) is 3.79. The second-order valence-electron chi connectivity index (χ2n) is 6.56. The van der Waals surface area contributed by atoms with Crippen LogP contribution in [0.15, 0.2) is 24.3 Å². The summed E-state index contributed by atoms with van der Waals surface area (Å²) in [6.07, 6.45) is 3.95. The molecule has 1 aliphatic carbocycles. The van der Waals surface area contributed by atoms with Gasteiger partial charge >= 0.3 is 0 Å². The van der Waals surface area contributed by atoms with Gasteiger partial charge < -0.3 is 10.6 Å². The molecule has 0 spiro atoms. The minimum Gasteiger partial charge on any atom is -0.342 e. The van der Waals surface area contributed by atoms with Crippen LogP contribution in [-0.2, 0) is 11.2 Å². The van der Waals surface area contributed by atoms with Crippen molar-refractivity contribution in [2.24, 2.45) is 17.6 Å². The van der Waals surface area contributed by atoms with Crippen LogP contribution in [0.1, 0.15) is 30.4 Å². The Balaban J connectivity index is 1.61. The number of nitrogens with two attached hydrogens (primary N) is 1. The van der Waals surface area contributed by atoms with Crippen molar-refractivity contribution in [2.45, 2.75) is 38.6 Å². The van der Waals surface area contributed by atoms with E-state index in [1.54, 1.807) is 0 Å². The molecule has 0 radical (unpaired) electrons. The first-order valence-corrected chi connectivity index (χ1v) is 7.70. The maximum absolute atomic E-state index is 12.4. The third-order valence-corrected chi connectivity index (χ3v) is 4.88. The third kappa shape index (κ3) is 2.88. The smallest absolute Gasteiger partial charge is 0.227 e. The fraction of sp³-hybridized carbons (Fsp3) is 0.588. The van der Waals surface area contributed by atoms with Gasteiger partial charge in [0.2, 0.25) is 5.91 Å². The van der Waals surface area contributed by atoms with Crippen LogP contribution in [0.3, 0.4) is 0 Å². The molecular formula is C17H24N2O. The van der Waals surface area contributed by atoms with Crippen molar-refractivity contribution < 1.29 is 4.79 Å². The summed E-state index contributed by atoms with van der Waals surface area (Å²) >= 11 is 0. The maximum Gasteiger partial charge on any atom is 0.227 e. The van der Waals surface area contributed by atoms with E-state index in [-0.39, 0.29) is 5.91 Å². The van der Waals surface area contributed by atoms with Crippen LogP contribution >= 0.6 is 0 Å². The summed E-state index contributed by atoms with van der Waals surface area (Å²) in [5.74, 6) is 1.61. The molecule has 3 nitrogen and oxygen atoms in total. The van der Waals surface area contributed by atoms with E-state index >= 15 is 0 Å². The molecule has 1 aliphatic heterocycles. The van der Waals surface area contributed by atoms with Gasteiger partial charge in [0.05, 0.1) is 6.42 Å². The minimum absolute atomic E-state index is 0.276. The zero-order valence-corrected chi connectivity index (χ0v) is 12.2. The molecule has 3 atom stereocenters. The lowest BCUT2D eigenvalue weighted by molar-refractivity contribution is -0.129. The van der Waals surface area contributed by atoms with Gasteiger partial charge in [0.25, 0.3) is 0 Å². The van der Waals surface area contributed by atoms with E-state index in [1.165, 1.54) is 12.0 Å². The maximum atomic E-state index is 12.4. The lowest BCUT2D eigenvalue weighted by atomic mass is 9.79. The highest BCUT2D eigenvalue weighted by atomic mass is 16.2. The summed E-state index contributed by atoms with van der Waals surface area (Å²) in [5, 5.41) is 0. The summed E-state index contributed by atoms with van der Waals surface area (Å²) in [5.41, 5.74) is 8.39. The predicted molar refractivity (Wildman–Crippen MR) is 80.3 cm³/mol. The number of fused-ring (bicyclic) bond motifs is 1. The van der Waals surface area contributed by atoms with Crippen molar-refractivity contribution in [2.75, 3.05) is 13.1 Å².